The van der Waals surface area contributed by atoms with Gasteiger partial charge in [0.1, 0.15) is 13.1 Å². The van der Waals surface area contributed by atoms with Crippen LogP contribution < -0.4 is 11.1 Å². The number of aromatic nitrogens is 3. The first-order valence-corrected chi connectivity index (χ1v) is 2.89. The number of nitrogens with zero attached hydrogens (tertiary/aromatic N) is 2. The zero-order chi connectivity index (χ0) is 8.27. The minimum Gasteiger partial charge on any atom is -0.364 e. The maximum atomic E-state index is 10.9. The monoisotopic (exact) mass is 157 g/mol. The van der Waals surface area contributed by atoms with E-state index in [1.165, 1.54) is 13.4 Å². The molecule has 1 N–H and O–H groups in total. The number of nitrogens with one attached hydrogen (secondary N) is 1. The topological polar surface area (TPSA) is 77.0 Å². The van der Waals surface area contributed by atoms with Gasteiger partial charge in [0.25, 0.3) is 0 Å². The molecule has 1 aromatic rings. The molecule has 60 valence electrons. The Labute approximate surface area is 61.4 Å². The Balaban J connectivity index is 3.18. The number of hydrogen-bond acceptors (Lipinski definition) is 4. The Hall–Kier alpha value is -1.43. The molecule has 0 bridgehead atoms. The first kappa shape index (κ1) is 7.67. The molecule has 0 aliphatic carbocycles. The van der Waals surface area contributed by atoms with Gasteiger partial charge in [0.2, 0.25) is 0 Å². The zero-order valence-electron chi connectivity index (χ0n) is 5.90. The summed E-state index contributed by atoms with van der Waals surface area (Å²) in [5.41, 5.74) is -1.41. The average molecular weight is 157 g/mol. The lowest BCUT2D eigenvalue weighted by Crippen LogP contribution is -2.36. The van der Waals surface area contributed by atoms with E-state index in [4.69, 9.17) is 0 Å². The van der Waals surface area contributed by atoms with Crippen LogP contribution in [0.25, 0.3) is 0 Å². The molecule has 0 atom stereocenters. The van der Waals surface area contributed by atoms with Crippen molar-refractivity contribution in [1.82, 2.24) is 14.8 Å². The molecule has 0 aliphatic heterocycles. The zero-order valence-corrected chi connectivity index (χ0v) is 5.90. The van der Waals surface area contributed by atoms with Gasteiger partial charge >= 0.3 is 11.1 Å². The van der Waals surface area contributed by atoms with Gasteiger partial charge in [-0.2, -0.15) is 5.10 Å². The maximum Gasteiger partial charge on any atom is 0.330 e. The van der Waals surface area contributed by atoms with E-state index in [-0.39, 0.29) is 6.73 Å². The minimum absolute atomic E-state index is 0.0375. The van der Waals surface area contributed by atoms with Gasteiger partial charge in [-0.1, -0.05) is 0 Å². The van der Waals surface area contributed by atoms with Crippen LogP contribution in [0.15, 0.2) is 15.9 Å². The highest BCUT2D eigenvalue weighted by atomic mass is 16.5. The first-order chi connectivity index (χ1) is 5.25. The average Bonchev–Trinajstić information content (AvgIpc) is 1.99. The van der Waals surface area contributed by atoms with E-state index in [0.29, 0.717) is 0 Å². The third kappa shape index (κ3) is 1.53. The summed E-state index contributed by atoms with van der Waals surface area (Å²) in [6.45, 7) is 0.0375. The number of methoxy groups -OCH3 is 1. The van der Waals surface area contributed by atoms with Gasteiger partial charge in [-0.25, -0.2) is 5.10 Å². The fourth-order valence-electron chi connectivity index (χ4n) is 0.619. The molecule has 0 saturated heterocycles. The lowest BCUT2D eigenvalue weighted by Gasteiger charge is -1.98. The van der Waals surface area contributed by atoms with Crippen LogP contribution >= 0.6 is 0 Å². The summed E-state index contributed by atoms with van der Waals surface area (Å²) in [4.78, 5) is 21.5. The molecule has 0 spiro atoms. The summed E-state index contributed by atoms with van der Waals surface area (Å²) in [6.07, 6.45) is 1.20. The highest BCUT2D eigenvalue weighted by Crippen LogP contribution is 1.71. The molecule has 11 heavy (non-hydrogen) atoms. The lowest BCUT2D eigenvalue weighted by atomic mass is 10.8. The Morgan fingerprint density at radius 3 is 3.09 bits per heavy atom. The molecule has 1 heterocycles. The molecule has 0 fully saturated rings. The van der Waals surface area contributed by atoms with Gasteiger partial charge in [-0.05, 0) is 0 Å². The van der Waals surface area contributed by atoms with E-state index in [1.54, 1.807) is 0 Å². The maximum absolute atomic E-state index is 10.9. The second-order valence-corrected chi connectivity index (χ2v) is 1.88. The molecule has 0 unspecified atom stereocenters. The van der Waals surface area contributed by atoms with Crippen molar-refractivity contribution in [3.8, 4) is 0 Å². The number of hydrogen-bond donors (Lipinski definition) is 1. The molecule has 0 aliphatic rings. The molecule has 0 saturated carbocycles. The van der Waals surface area contributed by atoms with Crippen LogP contribution in [0.2, 0.25) is 0 Å². The van der Waals surface area contributed by atoms with E-state index in [2.05, 4.69) is 9.84 Å². The quantitative estimate of drug-likeness (QED) is 0.532. The van der Waals surface area contributed by atoms with Crippen molar-refractivity contribution in [3.63, 3.8) is 0 Å². The molecule has 0 amide bonds. The molecule has 0 radical (unpaired) electrons. The molecular formula is C5H7N3O3. The molecular weight excluding hydrogens is 150 g/mol. The van der Waals surface area contributed by atoms with Crippen LogP contribution in [0.3, 0.4) is 0 Å². The smallest absolute Gasteiger partial charge is 0.330 e. The predicted octanol–water partition coefficient (Wildman–Crippen LogP) is -1.46. The van der Waals surface area contributed by atoms with Crippen LogP contribution in [0.1, 0.15) is 0 Å². The van der Waals surface area contributed by atoms with Crippen molar-refractivity contribution in [2.24, 2.45) is 0 Å². The van der Waals surface area contributed by atoms with Crippen LogP contribution in [0, 0.1) is 0 Å². The summed E-state index contributed by atoms with van der Waals surface area (Å²) >= 11 is 0. The van der Waals surface area contributed by atoms with E-state index >= 15 is 0 Å². The molecule has 1 aromatic heterocycles. The summed E-state index contributed by atoms with van der Waals surface area (Å²) in [5.74, 6) is 0. The summed E-state index contributed by atoms with van der Waals surface area (Å²) in [5, 5.41) is 5.41. The fraction of sp³-hybridized carbons (Fsp3) is 0.400. The van der Waals surface area contributed by atoms with Gasteiger partial charge in [0.15, 0.2) is 0 Å². The molecule has 0 aromatic carbocycles. The van der Waals surface area contributed by atoms with Crippen molar-refractivity contribution >= 4 is 0 Å². The number of H-pyrrole nitrogens is 1. The third-order valence-corrected chi connectivity index (χ3v) is 1.09. The van der Waals surface area contributed by atoms with Gasteiger partial charge in [-0.15, -0.1) is 0 Å². The predicted molar refractivity (Wildman–Crippen MR) is 36.1 cm³/mol. The molecule has 6 heteroatoms. The van der Waals surface area contributed by atoms with Crippen molar-refractivity contribution < 1.29 is 4.74 Å². The van der Waals surface area contributed by atoms with Crippen LogP contribution in [0.4, 0.5) is 0 Å². The number of ether oxygens (including phenoxy) is 1. The van der Waals surface area contributed by atoms with E-state index in [9.17, 15) is 9.59 Å². The second kappa shape index (κ2) is 3.11. The summed E-state index contributed by atoms with van der Waals surface area (Å²) < 4.78 is 5.70. The first-order valence-electron chi connectivity index (χ1n) is 2.89. The van der Waals surface area contributed by atoms with Crippen molar-refractivity contribution in [2.45, 2.75) is 6.73 Å². The van der Waals surface area contributed by atoms with Crippen LogP contribution in [0.5, 0.6) is 0 Å². The van der Waals surface area contributed by atoms with Crippen molar-refractivity contribution in [3.05, 3.63) is 27.0 Å². The van der Waals surface area contributed by atoms with Gasteiger partial charge in [-0.3, -0.25) is 14.2 Å². The number of rotatable bonds is 2. The lowest BCUT2D eigenvalue weighted by molar-refractivity contribution is 0.126. The Bertz CT molecular complexity index is 339. The molecule has 1 rings (SSSR count). The van der Waals surface area contributed by atoms with Crippen molar-refractivity contribution in [1.29, 1.82) is 0 Å². The Morgan fingerprint density at radius 1 is 1.73 bits per heavy atom. The van der Waals surface area contributed by atoms with E-state index in [0.717, 1.165) is 4.57 Å². The summed E-state index contributed by atoms with van der Waals surface area (Å²) in [7, 11) is 1.42. The highest BCUT2D eigenvalue weighted by Gasteiger charge is 1.97. The standard InChI is InChI=1S/C5H7N3O3/c1-11-3-8-2-6-7-4(9)5(8)10/h2H,3H2,1H3,(H,7,9). The van der Waals surface area contributed by atoms with Crippen LogP contribution in [-0.4, -0.2) is 21.9 Å². The van der Waals surface area contributed by atoms with Crippen LogP contribution in [-0.2, 0) is 11.5 Å². The Morgan fingerprint density at radius 2 is 2.45 bits per heavy atom. The second-order valence-electron chi connectivity index (χ2n) is 1.88. The fourth-order valence-corrected chi connectivity index (χ4v) is 0.619. The highest BCUT2D eigenvalue weighted by molar-refractivity contribution is 4.72. The normalized spacial score (nSPS) is 9.91. The summed E-state index contributed by atoms with van der Waals surface area (Å²) in [6, 6.07) is 0. The van der Waals surface area contributed by atoms with Gasteiger partial charge in [0.05, 0.1) is 0 Å². The minimum atomic E-state index is -0.746. The third-order valence-electron chi connectivity index (χ3n) is 1.09. The van der Waals surface area contributed by atoms with E-state index in [1.807, 2.05) is 5.10 Å². The Kier molecular flexibility index (Phi) is 2.17. The van der Waals surface area contributed by atoms with Gasteiger partial charge in [0, 0.05) is 7.11 Å². The van der Waals surface area contributed by atoms with Gasteiger partial charge < -0.3 is 4.74 Å². The molecule has 6 nitrogen and oxygen atoms in total. The van der Waals surface area contributed by atoms with E-state index < -0.39 is 11.1 Å². The van der Waals surface area contributed by atoms with Crippen molar-refractivity contribution in [2.75, 3.05) is 7.11 Å². The SMILES string of the molecule is COCn1cn[nH]c(=O)c1=O. The number of aromatic amines is 1. The largest absolute Gasteiger partial charge is 0.364 e.